The molecule has 0 spiro atoms. The van der Waals surface area contributed by atoms with Gasteiger partial charge >= 0.3 is 0 Å². The third kappa shape index (κ3) is 1.26. The van der Waals surface area contributed by atoms with Gasteiger partial charge < -0.3 is 5.11 Å². The Morgan fingerprint density at radius 3 is 2.86 bits per heavy atom. The number of aliphatic hydroxyl groups excluding tert-OH is 1. The van der Waals surface area contributed by atoms with Crippen LogP contribution in [0.25, 0.3) is 0 Å². The molecular formula is C13H20O. The summed E-state index contributed by atoms with van der Waals surface area (Å²) in [6.45, 7) is 10.6. The van der Waals surface area contributed by atoms with Gasteiger partial charge in [0.05, 0.1) is 0 Å². The van der Waals surface area contributed by atoms with Gasteiger partial charge in [0.2, 0.25) is 0 Å². The molecule has 3 atom stereocenters. The van der Waals surface area contributed by atoms with E-state index in [0.717, 1.165) is 12.8 Å². The quantitative estimate of drug-likeness (QED) is 0.667. The van der Waals surface area contributed by atoms with Gasteiger partial charge in [0.25, 0.3) is 0 Å². The van der Waals surface area contributed by atoms with Crippen LogP contribution in [-0.4, -0.2) is 11.7 Å². The minimum Gasteiger partial charge on any atom is -0.396 e. The highest BCUT2D eigenvalue weighted by Gasteiger charge is 2.48. The van der Waals surface area contributed by atoms with Crippen LogP contribution in [-0.2, 0) is 0 Å². The molecule has 0 amide bonds. The highest BCUT2D eigenvalue weighted by atomic mass is 16.3. The van der Waals surface area contributed by atoms with E-state index in [1.54, 1.807) is 0 Å². The average Bonchev–Trinajstić information content (AvgIpc) is 2.18. The summed E-state index contributed by atoms with van der Waals surface area (Å²) in [7, 11) is 0. The molecule has 3 aliphatic rings. The number of hydrogen-bond donors (Lipinski definition) is 1. The van der Waals surface area contributed by atoms with Gasteiger partial charge in [0.1, 0.15) is 0 Å². The molecule has 1 heteroatoms. The predicted octanol–water partition coefficient (Wildman–Crippen LogP) is 2.92. The summed E-state index contributed by atoms with van der Waals surface area (Å²) in [4.78, 5) is 0. The van der Waals surface area contributed by atoms with Crippen molar-refractivity contribution < 1.29 is 5.11 Å². The van der Waals surface area contributed by atoms with Crippen LogP contribution in [0.5, 0.6) is 0 Å². The van der Waals surface area contributed by atoms with Crippen molar-refractivity contribution in [2.75, 3.05) is 6.61 Å². The van der Waals surface area contributed by atoms with E-state index in [1.165, 1.54) is 24.0 Å². The summed E-state index contributed by atoms with van der Waals surface area (Å²) in [6, 6.07) is 0. The van der Waals surface area contributed by atoms with Gasteiger partial charge in [-0.2, -0.15) is 0 Å². The van der Waals surface area contributed by atoms with Gasteiger partial charge in [-0.25, -0.2) is 0 Å². The molecule has 0 aromatic rings. The lowest BCUT2D eigenvalue weighted by Crippen LogP contribution is -2.45. The monoisotopic (exact) mass is 192 g/mol. The Morgan fingerprint density at radius 2 is 2.36 bits per heavy atom. The van der Waals surface area contributed by atoms with Crippen molar-refractivity contribution >= 4 is 0 Å². The average molecular weight is 192 g/mol. The number of hydrogen-bond acceptors (Lipinski definition) is 1. The number of allylic oxidation sites excluding steroid dienone is 2. The van der Waals surface area contributed by atoms with Crippen LogP contribution in [0, 0.1) is 17.3 Å². The van der Waals surface area contributed by atoms with E-state index in [-0.39, 0.29) is 5.41 Å². The van der Waals surface area contributed by atoms with Crippen molar-refractivity contribution in [1.29, 1.82) is 0 Å². The fourth-order valence-electron chi connectivity index (χ4n) is 3.44. The smallest absolute Gasteiger partial charge is 0.0496 e. The third-order valence-electron chi connectivity index (χ3n) is 4.32. The van der Waals surface area contributed by atoms with Crippen molar-refractivity contribution in [2.24, 2.45) is 17.3 Å². The number of rotatable bonds is 2. The molecule has 3 aliphatic carbocycles. The molecule has 0 unspecified atom stereocenters. The lowest BCUT2D eigenvalue weighted by molar-refractivity contribution is -0.00193. The molecule has 3 saturated carbocycles. The van der Waals surface area contributed by atoms with Gasteiger partial charge in [0, 0.05) is 12.0 Å². The second kappa shape index (κ2) is 3.23. The third-order valence-corrected chi connectivity index (χ3v) is 4.32. The topological polar surface area (TPSA) is 20.2 Å². The minimum absolute atomic E-state index is 0.0949. The maximum absolute atomic E-state index is 9.62. The lowest BCUT2D eigenvalue weighted by atomic mass is 9.52. The molecule has 14 heavy (non-hydrogen) atoms. The van der Waals surface area contributed by atoms with Gasteiger partial charge in [-0.05, 0) is 44.4 Å². The van der Waals surface area contributed by atoms with Crippen LogP contribution in [0.3, 0.4) is 0 Å². The van der Waals surface area contributed by atoms with Gasteiger partial charge in [-0.1, -0.05) is 24.3 Å². The normalized spacial score (nSPS) is 41.4. The largest absolute Gasteiger partial charge is 0.396 e. The zero-order valence-corrected chi connectivity index (χ0v) is 9.05. The fraction of sp³-hybridized carbons (Fsp3) is 0.692. The van der Waals surface area contributed by atoms with Crippen molar-refractivity contribution in [2.45, 2.75) is 32.6 Å². The van der Waals surface area contributed by atoms with Crippen molar-refractivity contribution in [1.82, 2.24) is 0 Å². The zero-order valence-electron chi connectivity index (χ0n) is 9.05. The molecule has 78 valence electrons. The summed E-state index contributed by atoms with van der Waals surface area (Å²) in [5.41, 5.74) is 2.71. The van der Waals surface area contributed by atoms with Crippen molar-refractivity contribution in [3.05, 3.63) is 24.3 Å². The Bertz CT molecular complexity index is 279. The summed E-state index contributed by atoms with van der Waals surface area (Å²) in [5, 5.41) is 9.62. The Labute approximate surface area is 86.5 Å². The number of fused-ring (bicyclic) bond motifs is 3. The molecule has 0 aliphatic heterocycles. The predicted molar refractivity (Wildman–Crippen MR) is 58.9 cm³/mol. The van der Waals surface area contributed by atoms with E-state index in [9.17, 15) is 5.11 Å². The molecule has 3 fully saturated rings. The minimum atomic E-state index is 0.0949. The molecule has 0 heterocycles. The van der Waals surface area contributed by atoms with Gasteiger partial charge in [-0.15, -0.1) is 0 Å². The molecule has 1 N–H and O–H groups in total. The molecule has 0 radical (unpaired) electrons. The second-order valence-electron chi connectivity index (χ2n) is 5.23. The summed E-state index contributed by atoms with van der Waals surface area (Å²) >= 11 is 0. The van der Waals surface area contributed by atoms with E-state index < -0.39 is 0 Å². The molecule has 1 nitrogen and oxygen atoms in total. The lowest BCUT2D eigenvalue weighted by Gasteiger charge is -2.53. The maximum atomic E-state index is 9.62. The molecule has 0 aromatic carbocycles. The van der Waals surface area contributed by atoms with Crippen molar-refractivity contribution in [3.8, 4) is 0 Å². The van der Waals surface area contributed by atoms with Gasteiger partial charge in [0.15, 0.2) is 0 Å². The highest BCUT2D eigenvalue weighted by molar-refractivity contribution is 5.21. The second-order valence-corrected chi connectivity index (χ2v) is 5.23. The van der Waals surface area contributed by atoms with Crippen molar-refractivity contribution in [3.63, 3.8) is 0 Å². The maximum Gasteiger partial charge on any atom is 0.0496 e. The molecule has 3 rings (SSSR count). The fourth-order valence-corrected chi connectivity index (χ4v) is 3.44. The van der Waals surface area contributed by atoms with E-state index in [2.05, 4.69) is 20.1 Å². The SMILES string of the molecule is C=C1C[C@]2(CO)CC[C@H]1C[C@H]2C(=C)C. The van der Waals surface area contributed by atoms with E-state index in [0.29, 0.717) is 18.4 Å². The van der Waals surface area contributed by atoms with Crippen LogP contribution >= 0.6 is 0 Å². The van der Waals surface area contributed by atoms with E-state index in [1.807, 2.05) is 0 Å². The molecular weight excluding hydrogens is 172 g/mol. The first-order chi connectivity index (χ1) is 6.59. The van der Waals surface area contributed by atoms with Crippen LogP contribution in [0.1, 0.15) is 32.6 Å². The molecule has 2 bridgehead atoms. The van der Waals surface area contributed by atoms with Gasteiger partial charge in [-0.3, -0.25) is 0 Å². The van der Waals surface area contributed by atoms with E-state index in [4.69, 9.17) is 0 Å². The van der Waals surface area contributed by atoms with Crippen LogP contribution in [0.2, 0.25) is 0 Å². The Morgan fingerprint density at radius 1 is 1.64 bits per heavy atom. The number of aliphatic hydroxyl groups is 1. The standard InChI is InChI=1S/C13H20O/c1-9(2)12-6-11-4-5-13(12,8-14)7-10(11)3/h11-12,14H,1,3-8H2,2H3/t11-,12-,13-/m0/s1. The zero-order chi connectivity index (χ0) is 10.3. The first kappa shape index (κ1) is 9.97. The Kier molecular flexibility index (Phi) is 2.30. The summed E-state index contributed by atoms with van der Waals surface area (Å²) in [5.74, 6) is 1.22. The first-order valence-corrected chi connectivity index (χ1v) is 5.53. The molecule has 0 saturated heterocycles. The Balaban J connectivity index is 2.30. The van der Waals surface area contributed by atoms with Crippen LogP contribution in [0.4, 0.5) is 0 Å². The van der Waals surface area contributed by atoms with Crippen LogP contribution in [0.15, 0.2) is 24.3 Å². The van der Waals surface area contributed by atoms with Crippen LogP contribution < -0.4 is 0 Å². The molecule has 0 aromatic heterocycles. The van der Waals surface area contributed by atoms with E-state index >= 15 is 0 Å². The highest BCUT2D eigenvalue weighted by Crippen LogP contribution is 2.57. The summed E-state index contributed by atoms with van der Waals surface area (Å²) < 4.78 is 0. The Hall–Kier alpha value is -0.560. The first-order valence-electron chi connectivity index (χ1n) is 5.53. The summed E-state index contributed by atoms with van der Waals surface area (Å²) in [6.07, 6.45) is 4.58.